The molecule has 5 nitrogen and oxygen atoms in total. The number of carbonyl (C=O) groups is 2. The number of ether oxygens (including phenoxy) is 3. The second-order valence-corrected chi connectivity index (χ2v) is 7.71. The summed E-state index contributed by atoms with van der Waals surface area (Å²) >= 11 is 6.09. The predicted molar refractivity (Wildman–Crippen MR) is 109 cm³/mol. The summed E-state index contributed by atoms with van der Waals surface area (Å²) in [7, 11) is 0. The van der Waals surface area contributed by atoms with Gasteiger partial charge in [-0.1, -0.05) is 48.0 Å². The van der Waals surface area contributed by atoms with Crippen molar-refractivity contribution in [2.75, 3.05) is 6.79 Å². The summed E-state index contributed by atoms with van der Waals surface area (Å²) in [6, 6.07) is 17.6. The van der Waals surface area contributed by atoms with Crippen LogP contribution in [-0.4, -0.2) is 18.4 Å². The van der Waals surface area contributed by atoms with E-state index in [1.165, 1.54) is 0 Å². The highest BCUT2D eigenvalue weighted by Gasteiger charge is 2.43. The van der Waals surface area contributed by atoms with Crippen LogP contribution < -0.4 is 14.2 Å². The zero-order valence-corrected chi connectivity index (χ0v) is 16.2. The van der Waals surface area contributed by atoms with Crippen molar-refractivity contribution in [2.24, 2.45) is 0 Å². The first kappa shape index (κ1) is 17.3. The van der Waals surface area contributed by atoms with Gasteiger partial charge in [0, 0.05) is 33.7 Å². The Kier molecular flexibility index (Phi) is 3.58. The number of benzene rings is 3. The van der Waals surface area contributed by atoms with E-state index in [1.54, 1.807) is 42.5 Å². The molecule has 0 N–H and O–H groups in total. The van der Waals surface area contributed by atoms with Gasteiger partial charge in [0.2, 0.25) is 12.6 Å². The summed E-state index contributed by atoms with van der Waals surface area (Å²) in [5.41, 5.74) is 2.62. The summed E-state index contributed by atoms with van der Waals surface area (Å²) in [6.45, 7) is 0.111. The van der Waals surface area contributed by atoms with Gasteiger partial charge in [0.1, 0.15) is 5.75 Å². The fourth-order valence-electron chi connectivity index (χ4n) is 4.26. The van der Waals surface area contributed by atoms with Gasteiger partial charge in [0.05, 0.1) is 5.57 Å². The number of fused-ring (bicyclic) bond motifs is 3. The molecule has 0 saturated heterocycles. The van der Waals surface area contributed by atoms with E-state index in [2.05, 4.69) is 0 Å². The van der Waals surface area contributed by atoms with E-state index < -0.39 is 5.92 Å². The third-order valence-corrected chi connectivity index (χ3v) is 5.88. The molecule has 2 heterocycles. The molecule has 30 heavy (non-hydrogen) atoms. The maximum atomic E-state index is 13.5. The Morgan fingerprint density at radius 2 is 1.47 bits per heavy atom. The van der Waals surface area contributed by atoms with Crippen molar-refractivity contribution in [3.05, 3.63) is 99.3 Å². The lowest BCUT2D eigenvalue weighted by molar-refractivity contribution is 0.0927. The molecule has 0 amide bonds. The molecular formula is C24H13ClO5. The van der Waals surface area contributed by atoms with Crippen LogP contribution in [0.25, 0.3) is 0 Å². The minimum absolute atomic E-state index is 0.0602. The Morgan fingerprint density at radius 1 is 0.800 bits per heavy atom. The van der Waals surface area contributed by atoms with Crippen LogP contribution in [0.15, 0.2) is 72.0 Å². The monoisotopic (exact) mass is 416 g/mol. The molecule has 3 aliphatic rings. The van der Waals surface area contributed by atoms with Crippen LogP contribution in [0, 0.1) is 0 Å². The Hall–Kier alpha value is -3.57. The van der Waals surface area contributed by atoms with Crippen LogP contribution in [-0.2, 0) is 0 Å². The van der Waals surface area contributed by atoms with E-state index in [4.69, 9.17) is 25.8 Å². The Bertz CT molecular complexity index is 1290. The maximum Gasteiger partial charge on any atom is 0.231 e. The number of rotatable bonds is 1. The number of allylic oxidation sites excluding steroid dienone is 2. The van der Waals surface area contributed by atoms with E-state index >= 15 is 0 Å². The van der Waals surface area contributed by atoms with Crippen LogP contribution in [0.1, 0.15) is 37.8 Å². The molecule has 0 saturated carbocycles. The minimum Gasteiger partial charge on any atom is -0.454 e. The van der Waals surface area contributed by atoms with Gasteiger partial charge >= 0.3 is 0 Å². The second kappa shape index (κ2) is 6.21. The number of hydrogen-bond acceptors (Lipinski definition) is 5. The first-order valence-corrected chi connectivity index (χ1v) is 9.79. The molecule has 1 aliphatic carbocycles. The zero-order valence-electron chi connectivity index (χ0n) is 15.5. The summed E-state index contributed by atoms with van der Waals surface area (Å²) < 4.78 is 17.0. The standard InChI is InChI=1S/C24H13ClO5/c25-13-7-5-12(6-8-13)20-16-9-18-19(29-11-28-18)10-17(16)30-24-21(20)22(26)14-3-1-2-4-15(14)23(24)27/h1-10,20H,11H2. The number of ketones is 2. The van der Waals surface area contributed by atoms with Crippen LogP contribution in [0.4, 0.5) is 0 Å². The predicted octanol–water partition coefficient (Wildman–Crippen LogP) is 4.93. The lowest BCUT2D eigenvalue weighted by Crippen LogP contribution is -2.31. The molecule has 0 fully saturated rings. The topological polar surface area (TPSA) is 61.8 Å². The molecule has 0 aromatic heterocycles. The quantitative estimate of drug-likeness (QED) is 0.563. The number of carbonyl (C=O) groups excluding carboxylic acids is 2. The van der Waals surface area contributed by atoms with E-state index in [1.807, 2.05) is 18.2 Å². The fraction of sp³-hybridized carbons (Fsp3) is 0.0833. The number of hydrogen-bond donors (Lipinski definition) is 0. The number of halogens is 1. The fourth-order valence-corrected chi connectivity index (χ4v) is 4.38. The van der Waals surface area contributed by atoms with Gasteiger partial charge in [0.15, 0.2) is 23.0 Å². The van der Waals surface area contributed by atoms with Gasteiger partial charge in [0.25, 0.3) is 0 Å². The average molecular weight is 417 g/mol. The Morgan fingerprint density at radius 3 is 2.20 bits per heavy atom. The van der Waals surface area contributed by atoms with Crippen molar-refractivity contribution < 1.29 is 23.8 Å². The Labute approximate surface area is 176 Å². The summed E-state index contributed by atoms with van der Waals surface area (Å²) in [5.74, 6) is 0.632. The molecule has 146 valence electrons. The second-order valence-electron chi connectivity index (χ2n) is 7.28. The van der Waals surface area contributed by atoms with Crippen molar-refractivity contribution in [2.45, 2.75) is 5.92 Å². The van der Waals surface area contributed by atoms with Crippen molar-refractivity contribution in [3.8, 4) is 17.2 Å². The van der Waals surface area contributed by atoms with Gasteiger partial charge in [-0.3, -0.25) is 9.59 Å². The molecule has 3 aromatic rings. The summed E-state index contributed by atoms with van der Waals surface area (Å²) in [6.07, 6.45) is 0. The molecule has 0 radical (unpaired) electrons. The third kappa shape index (κ3) is 2.36. The smallest absolute Gasteiger partial charge is 0.231 e. The van der Waals surface area contributed by atoms with Crippen molar-refractivity contribution >= 4 is 23.2 Å². The largest absolute Gasteiger partial charge is 0.454 e. The van der Waals surface area contributed by atoms with E-state index in [0.717, 1.165) is 11.1 Å². The van der Waals surface area contributed by atoms with Gasteiger partial charge in [-0.25, -0.2) is 0 Å². The molecule has 2 aliphatic heterocycles. The summed E-state index contributed by atoms with van der Waals surface area (Å²) in [5, 5.41) is 0.585. The average Bonchev–Trinajstić information content (AvgIpc) is 3.23. The highest BCUT2D eigenvalue weighted by atomic mass is 35.5. The van der Waals surface area contributed by atoms with Gasteiger partial charge in [-0.15, -0.1) is 0 Å². The molecule has 0 bridgehead atoms. The van der Waals surface area contributed by atoms with Crippen LogP contribution >= 0.6 is 11.6 Å². The molecule has 1 unspecified atom stereocenters. The molecule has 0 spiro atoms. The maximum absolute atomic E-state index is 13.5. The first-order valence-electron chi connectivity index (χ1n) is 9.41. The molecule has 3 aromatic carbocycles. The van der Waals surface area contributed by atoms with Gasteiger partial charge < -0.3 is 14.2 Å². The lowest BCUT2D eigenvalue weighted by atomic mass is 9.75. The minimum atomic E-state index is -0.500. The Balaban J connectivity index is 1.62. The van der Waals surface area contributed by atoms with E-state index in [9.17, 15) is 9.59 Å². The SMILES string of the molecule is O=C1C2=C(C(=O)c3ccccc31)C(c1ccc(Cl)cc1)c1cc3c(cc1O2)OCO3. The lowest BCUT2D eigenvalue weighted by Gasteiger charge is -2.32. The van der Waals surface area contributed by atoms with Gasteiger partial charge in [-0.05, 0) is 23.8 Å². The van der Waals surface area contributed by atoms with Crippen molar-refractivity contribution in [3.63, 3.8) is 0 Å². The number of Topliss-reactive ketones (excluding diaryl/α,β-unsaturated/α-hetero) is 2. The van der Waals surface area contributed by atoms with E-state index in [-0.39, 0.29) is 24.1 Å². The highest BCUT2D eigenvalue weighted by molar-refractivity contribution is 6.30. The molecular weight excluding hydrogens is 404 g/mol. The zero-order chi connectivity index (χ0) is 20.4. The van der Waals surface area contributed by atoms with Crippen LogP contribution in [0.3, 0.4) is 0 Å². The van der Waals surface area contributed by atoms with Gasteiger partial charge in [-0.2, -0.15) is 0 Å². The normalized spacial score (nSPS) is 18.5. The van der Waals surface area contributed by atoms with E-state index in [0.29, 0.717) is 39.0 Å². The first-order chi connectivity index (χ1) is 14.6. The molecule has 1 atom stereocenters. The molecule has 6 heteroatoms. The van der Waals surface area contributed by atoms with Crippen LogP contribution in [0.2, 0.25) is 5.02 Å². The van der Waals surface area contributed by atoms with Crippen molar-refractivity contribution in [1.29, 1.82) is 0 Å². The van der Waals surface area contributed by atoms with Crippen LogP contribution in [0.5, 0.6) is 17.2 Å². The van der Waals surface area contributed by atoms with Crippen molar-refractivity contribution in [1.82, 2.24) is 0 Å². The molecule has 6 rings (SSSR count). The summed E-state index contributed by atoms with van der Waals surface area (Å²) in [4.78, 5) is 26.8. The third-order valence-electron chi connectivity index (χ3n) is 5.63. The highest BCUT2D eigenvalue weighted by Crippen LogP contribution is 2.51.